The molecule has 6 heteroatoms. The Balaban J connectivity index is 2.46. The summed E-state index contributed by atoms with van der Waals surface area (Å²) in [6.07, 6.45) is 0. The van der Waals surface area contributed by atoms with Crippen LogP contribution in [0.25, 0.3) is 0 Å². The van der Waals surface area contributed by atoms with Gasteiger partial charge in [0.05, 0.1) is 13.2 Å². The van der Waals surface area contributed by atoms with Crippen LogP contribution >= 0.6 is 19.2 Å². The molecule has 0 amide bonds. The van der Waals surface area contributed by atoms with Crippen molar-refractivity contribution in [3.63, 3.8) is 0 Å². The number of rotatable bonds is 8. The highest BCUT2D eigenvalue weighted by molar-refractivity contribution is 7.54. The molecular weight excluding hydrogens is 333 g/mol. The van der Waals surface area contributed by atoms with E-state index in [9.17, 15) is 4.57 Å². The van der Waals surface area contributed by atoms with Crippen LogP contribution in [0, 0.1) is 0 Å². The average molecular weight is 354 g/mol. The largest absolute Gasteiger partial charge is 0.368 e. The van der Waals surface area contributed by atoms with Crippen LogP contribution in [0.3, 0.4) is 0 Å². The maximum absolute atomic E-state index is 13.3. The fraction of sp³-hybridized carbons (Fsp3) is 0.294. The molecule has 1 N–H and O–H groups in total. The minimum absolute atomic E-state index is 0.286. The Morgan fingerprint density at radius 1 is 1.00 bits per heavy atom. The van der Waals surface area contributed by atoms with E-state index in [0.29, 0.717) is 10.6 Å². The van der Waals surface area contributed by atoms with Crippen molar-refractivity contribution in [1.29, 1.82) is 0 Å². The normalized spacial score (nSPS) is 12.8. The molecular formula is C17H21ClNO3P. The first kappa shape index (κ1) is 18.0. The van der Waals surface area contributed by atoms with Crippen molar-refractivity contribution in [3.8, 4) is 0 Å². The minimum Gasteiger partial charge on any atom is -0.368 e. The number of anilines is 1. The van der Waals surface area contributed by atoms with E-state index >= 15 is 0 Å². The highest BCUT2D eigenvalue weighted by Crippen LogP contribution is 2.61. The molecule has 0 bridgehead atoms. The molecule has 1 atom stereocenters. The van der Waals surface area contributed by atoms with Gasteiger partial charge in [-0.2, -0.15) is 0 Å². The maximum atomic E-state index is 13.3. The van der Waals surface area contributed by atoms with Crippen molar-refractivity contribution < 1.29 is 13.6 Å². The summed E-state index contributed by atoms with van der Waals surface area (Å²) in [7, 11) is -3.44. The molecule has 2 aromatic carbocycles. The Labute approximate surface area is 142 Å². The molecule has 0 fully saturated rings. The molecule has 4 nitrogen and oxygen atoms in total. The van der Waals surface area contributed by atoms with Crippen molar-refractivity contribution in [2.24, 2.45) is 0 Å². The third kappa shape index (κ3) is 4.58. The quantitative estimate of drug-likeness (QED) is 0.617. The molecule has 124 valence electrons. The molecule has 0 aliphatic heterocycles. The van der Waals surface area contributed by atoms with E-state index in [2.05, 4.69) is 5.32 Å². The molecule has 0 spiro atoms. The molecule has 0 aromatic heterocycles. The van der Waals surface area contributed by atoms with E-state index in [-0.39, 0.29) is 13.2 Å². The number of halogens is 1. The fourth-order valence-corrected chi connectivity index (χ4v) is 4.55. The molecule has 1 unspecified atom stereocenters. The third-order valence-corrected chi connectivity index (χ3v) is 5.83. The smallest absolute Gasteiger partial charge is 0.357 e. The number of para-hydroxylation sites is 1. The lowest BCUT2D eigenvalue weighted by Gasteiger charge is -2.28. The van der Waals surface area contributed by atoms with Crippen LogP contribution in [0.4, 0.5) is 5.69 Å². The van der Waals surface area contributed by atoms with Crippen LogP contribution in [0.2, 0.25) is 5.02 Å². The second kappa shape index (κ2) is 8.51. The van der Waals surface area contributed by atoms with Gasteiger partial charge < -0.3 is 14.4 Å². The third-order valence-electron chi connectivity index (χ3n) is 3.21. The summed E-state index contributed by atoms with van der Waals surface area (Å²) in [6.45, 7) is 4.15. The van der Waals surface area contributed by atoms with Crippen molar-refractivity contribution in [3.05, 3.63) is 65.2 Å². The summed E-state index contributed by atoms with van der Waals surface area (Å²) < 4.78 is 24.4. The van der Waals surface area contributed by atoms with Crippen LogP contribution in [0.15, 0.2) is 54.6 Å². The van der Waals surface area contributed by atoms with Crippen LogP contribution in [0.1, 0.15) is 25.2 Å². The predicted molar refractivity (Wildman–Crippen MR) is 95.1 cm³/mol. The van der Waals surface area contributed by atoms with Crippen molar-refractivity contribution >= 4 is 24.9 Å². The molecule has 23 heavy (non-hydrogen) atoms. The van der Waals surface area contributed by atoms with E-state index in [1.165, 1.54) is 0 Å². The van der Waals surface area contributed by atoms with Crippen LogP contribution in [-0.2, 0) is 13.6 Å². The fourth-order valence-electron chi connectivity index (χ4n) is 2.26. The van der Waals surface area contributed by atoms with Gasteiger partial charge in [0.25, 0.3) is 0 Å². The highest BCUT2D eigenvalue weighted by atomic mass is 35.5. The molecule has 0 heterocycles. The Morgan fingerprint density at radius 3 is 2.13 bits per heavy atom. The number of hydrogen-bond acceptors (Lipinski definition) is 4. The van der Waals surface area contributed by atoms with Crippen LogP contribution < -0.4 is 5.32 Å². The van der Waals surface area contributed by atoms with Gasteiger partial charge >= 0.3 is 7.60 Å². The zero-order valence-electron chi connectivity index (χ0n) is 13.2. The van der Waals surface area contributed by atoms with Crippen molar-refractivity contribution in [2.45, 2.75) is 19.6 Å². The summed E-state index contributed by atoms with van der Waals surface area (Å²) in [5.41, 5.74) is 1.50. The van der Waals surface area contributed by atoms with Gasteiger partial charge in [0, 0.05) is 16.3 Å². The summed E-state index contributed by atoms with van der Waals surface area (Å²) in [4.78, 5) is 0. The summed E-state index contributed by atoms with van der Waals surface area (Å²) in [5.74, 6) is -0.682. The first-order chi connectivity index (χ1) is 11.1. The van der Waals surface area contributed by atoms with E-state index in [1.807, 2.05) is 48.5 Å². The zero-order chi connectivity index (χ0) is 16.7. The van der Waals surface area contributed by atoms with Gasteiger partial charge in [-0.3, -0.25) is 4.57 Å². The van der Waals surface area contributed by atoms with Crippen LogP contribution in [0.5, 0.6) is 0 Å². The molecule has 2 aromatic rings. The van der Waals surface area contributed by atoms with Gasteiger partial charge in [-0.25, -0.2) is 0 Å². The standard InChI is InChI=1S/C17H21ClNO3P/c1-3-21-23(20,22-4-2)17(15-12-8-9-13-16(15)18)19-14-10-6-5-7-11-14/h5-13,17,19H,3-4H2,1-2H3. The minimum atomic E-state index is -3.44. The van der Waals surface area contributed by atoms with Gasteiger partial charge in [0.2, 0.25) is 0 Å². The van der Waals surface area contributed by atoms with Gasteiger partial charge in [-0.1, -0.05) is 48.0 Å². The maximum Gasteiger partial charge on any atom is 0.357 e. The Bertz CT molecular complexity index is 656. The molecule has 0 aliphatic carbocycles. The van der Waals surface area contributed by atoms with E-state index in [1.54, 1.807) is 19.9 Å². The van der Waals surface area contributed by atoms with Gasteiger partial charge in [0.15, 0.2) is 5.78 Å². The molecule has 0 saturated carbocycles. The number of benzene rings is 2. The first-order valence-electron chi connectivity index (χ1n) is 7.55. The van der Waals surface area contributed by atoms with Gasteiger partial charge in [0.1, 0.15) is 0 Å². The summed E-state index contributed by atoms with van der Waals surface area (Å²) >= 11 is 6.32. The van der Waals surface area contributed by atoms with E-state index < -0.39 is 13.4 Å². The first-order valence-corrected chi connectivity index (χ1v) is 9.54. The van der Waals surface area contributed by atoms with Crippen molar-refractivity contribution in [1.82, 2.24) is 0 Å². The summed E-state index contributed by atoms with van der Waals surface area (Å²) in [5, 5.41) is 3.76. The number of hydrogen-bond donors (Lipinski definition) is 1. The van der Waals surface area contributed by atoms with E-state index in [0.717, 1.165) is 5.69 Å². The van der Waals surface area contributed by atoms with Gasteiger partial charge in [-0.05, 0) is 32.0 Å². The Kier molecular flexibility index (Phi) is 6.67. The molecule has 0 aliphatic rings. The monoisotopic (exact) mass is 353 g/mol. The van der Waals surface area contributed by atoms with Crippen LogP contribution in [-0.4, -0.2) is 13.2 Å². The predicted octanol–water partition coefficient (Wildman–Crippen LogP) is 5.72. The lowest BCUT2D eigenvalue weighted by Crippen LogP contribution is -2.15. The Morgan fingerprint density at radius 2 is 1.57 bits per heavy atom. The molecule has 2 rings (SSSR count). The lowest BCUT2D eigenvalue weighted by atomic mass is 10.2. The SMILES string of the molecule is CCOP(=O)(OCC)C(Nc1ccccc1)c1ccccc1Cl. The lowest BCUT2D eigenvalue weighted by molar-refractivity contribution is 0.214. The summed E-state index contributed by atoms with van der Waals surface area (Å²) in [6, 6.07) is 16.8. The average Bonchev–Trinajstić information content (AvgIpc) is 2.55. The number of nitrogens with one attached hydrogen (secondary N) is 1. The zero-order valence-corrected chi connectivity index (χ0v) is 14.9. The molecule has 0 saturated heterocycles. The Hall–Kier alpha value is -1.32. The topological polar surface area (TPSA) is 47.6 Å². The second-order valence-electron chi connectivity index (χ2n) is 4.81. The van der Waals surface area contributed by atoms with Crippen molar-refractivity contribution in [2.75, 3.05) is 18.5 Å². The van der Waals surface area contributed by atoms with E-state index in [4.69, 9.17) is 20.6 Å². The molecule has 0 radical (unpaired) electrons. The van der Waals surface area contributed by atoms with Gasteiger partial charge in [-0.15, -0.1) is 0 Å². The second-order valence-corrected chi connectivity index (χ2v) is 7.33. The highest BCUT2D eigenvalue weighted by Gasteiger charge is 2.38.